The number of rotatable bonds is 7. The molecule has 0 saturated heterocycles. The van der Waals surface area contributed by atoms with E-state index in [9.17, 15) is 9.46 Å². The van der Waals surface area contributed by atoms with Gasteiger partial charge in [0.2, 0.25) is 0 Å². The Hall–Kier alpha value is -2.04. The van der Waals surface area contributed by atoms with Gasteiger partial charge in [-0.2, -0.15) is 0 Å². The zero-order valence-electron chi connectivity index (χ0n) is 18.5. The fraction of sp³-hybridized carbons (Fsp3) is 0.280. The minimum absolute atomic E-state index is 0.239. The van der Waals surface area contributed by atoms with Gasteiger partial charge in [-0.1, -0.05) is 95.3 Å². The highest BCUT2D eigenvalue weighted by Crippen LogP contribution is 2.52. The van der Waals surface area contributed by atoms with Crippen LogP contribution in [0.1, 0.15) is 51.7 Å². The monoisotopic (exact) mass is 456 g/mol. The van der Waals surface area contributed by atoms with E-state index < -0.39 is 7.82 Å². The molecule has 0 saturated carbocycles. The van der Waals surface area contributed by atoms with Gasteiger partial charge in [0.15, 0.2) is 0 Å². The first-order chi connectivity index (χ1) is 14.6. The molecular weight excluding hydrogens is 427 g/mol. The van der Waals surface area contributed by atoms with E-state index in [1.165, 1.54) is 5.56 Å². The Morgan fingerprint density at radius 2 is 1.45 bits per heavy atom. The lowest BCUT2D eigenvalue weighted by atomic mass is 9.86. The van der Waals surface area contributed by atoms with Gasteiger partial charge in [0.05, 0.1) is 0 Å². The van der Waals surface area contributed by atoms with Crippen LogP contribution in [0, 0.1) is 0 Å². The van der Waals surface area contributed by atoms with Crippen LogP contribution >= 0.6 is 19.9 Å². The molecule has 0 fully saturated rings. The molecule has 0 amide bonds. The molecule has 1 atom stereocenters. The van der Waals surface area contributed by atoms with E-state index in [1.807, 2.05) is 69.3 Å². The van der Waals surface area contributed by atoms with Gasteiger partial charge in [0.1, 0.15) is 5.75 Å². The molecule has 0 aliphatic carbocycles. The van der Waals surface area contributed by atoms with Crippen molar-refractivity contribution in [2.75, 3.05) is 0 Å². The molecule has 0 bridgehead atoms. The third-order valence-electron chi connectivity index (χ3n) is 4.89. The lowest BCUT2D eigenvalue weighted by molar-refractivity contribution is 0.303. The maximum atomic E-state index is 12.7. The van der Waals surface area contributed by atoms with Gasteiger partial charge in [-0.3, -0.25) is 4.89 Å². The Bertz CT molecular complexity index is 1090. The van der Waals surface area contributed by atoms with Crippen molar-refractivity contribution >= 4 is 19.9 Å². The van der Waals surface area contributed by atoms with Crippen molar-refractivity contribution in [3.63, 3.8) is 0 Å². The van der Waals surface area contributed by atoms with Gasteiger partial charge in [-0.15, -0.1) is 0 Å². The molecule has 31 heavy (non-hydrogen) atoms. The minimum Gasteiger partial charge on any atom is -0.403 e. The molecular formula is C25H29O4PS. The largest absolute Gasteiger partial charge is 0.539 e. The Morgan fingerprint density at radius 3 is 2.13 bits per heavy atom. The second-order valence-corrected chi connectivity index (χ2v) is 11.0. The number of hydrogen-bond acceptors (Lipinski definition) is 4. The number of phosphoric ester groups is 1. The van der Waals surface area contributed by atoms with Crippen LogP contribution < -0.4 is 4.52 Å². The Balaban J connectivity index is 1.84. The maximum Gasteiger partial charge on any atom is 0.539 e. The molecule has 0 aliphatic heterocycles. The Kier molecular flexibility index (Phi) is 7.33. The van der Waals surface area contributed by atoms with E-state index >= 15 is 0 Å². The van der Waals surface area contributed by atoms with Crippen LogP contribution in [0.25, 0.3) is 11.1 Å². The number of benzene rings is 3. The third-order valence-corrected chi connectivity index (χ3v) is 6.90. The van der Waals surface area contributed by atoms with Crippen molar-refractivity contribution in [1.29, 1.82) is 0 Å². The normalized spacial score (nSPS) is 13.8. The van der Waals surface area contributed by atoms with E-state index in [2.05, 4.69) is 26.0 Å². The van der Waals surface area contributed by atoms with Crippen molar-refractivity contribution in [2.45, 2.75) is 50.8 Å². The lowest BCUT2D eigenvalue weighted by Crippen LogP contribution is -2.12. The summed E-state index contributed by atoms with van der Waals surface area (Å²) in [6, 6.07) is 23.1. The number of para-hydroxylation sites is 1. The zero-order valence-corrected chi connectivity index (χ0v) is 20.2. The minimum atomic E-state index is -4.36. The molecule has 0 radical (unpaired) electrons. The molecule has 3 aromatic carbocycles. The second-order valence-electron chi connectivity index (χ2n) is 8.70. The third kappa shape index (κ3) is 6.02. The van der Waals surface area contributed by atoms with Gasteiger partial charge in [-0.25, -0.2) is 8.54 Å². The predicted molar refractivity (Wildman–Crippen MR) is 129 cm³/mol. The van der Waals surface area contributed by atoms with E-state index in [0.29, 0.717) is 11.7 Å². The fourth-order valence-corrected chi connectivity index (χ4v) is 5.03. The average molecular weight is 457 g/mol. The summed E-state index contributed by atoms with van der Waals surface area (Å²) in [5, 5.41) is 0. The molecule has 1 unspecified atom stereocenters. The molecule has 3 rings (SSSR count). The molecule has 0 heterocycles. The topological polar surface area (TPSA) is 55.8 Å². The molecule has 6 heteroatoms. The first-order valence-electron chi connectivity index (χ1n) is 10.2. The van der Waals surface area contributed by atoms with E-state index in [0.717, 1.165) is 33.6 Å². The van der Waals surface area contributed by atoms with Gasteiger partial charge in [0.25, 0.3) is 0 Å². The Labute approximate surface area is 189 Å². The number of hydrogen-bond donors (Lipinski definition) is 1. The van der Waals surface area contributed by atoms with Crippen LogP contribution in [0.3, 0.4) is 0 Å². The van der Waals surface area contributed by atoms with Crippen LogP contribution in [0.2, 0.25) is 0 Å². The second kappa shape index (κ2) is 9.62. The average Bonchev–Trinajstić information content (AvgIpc) is 2.72. The van der Waals surface area contributed by atoms with E-state index in [4.69, 9.17) is 8.49 Å². The van der Waals surface area contributed by atoms with Crippen molar-refractivity contribution in [3.8, 4) is 16.9 Å². The number of phosphoric acid groups is 1. The van der Waals surface area contributed by atoms with E-state index in [1.54, 1.807) is 12.1 Å². The van der Waals surface area contributed by atoms with Crippen molar-refractivity contribution in [2.24, 2.45) is 0 Å². The smallest absolute Gasteiger partial charge is 0.403 e. The summed E-state index contributed by atoms with van der Waals surface area (Å²) in [6.07, 6.45) is 0. The fourth-order valence-electron chi connectivity index (χ4n) is 3.40. The van der Waals surface area contributed by atoms with E-state index in [-0.39, 0.29) is 5.41 Å². The summed E-state index contributed by atoms with van der Waals surface area (Å²) in [5.74, 6) is 0.691. The predicted octanol–water partition coefficient (Wildman–Crippen LogP) is 7.98. The summed E-state index contributed by atoms with van der Waals surface area (Å²) >= 11 is 0.864. The summed E-state index contributed by atoms with van der Waals surface area (Å²) in [4.78, 5) is 11.2. The highest BCUT2D eigenvalue weighted by molar-refractivity contribution is 7.98. The molecule has 1 N–H and O–H groups in total. The molecule has 3 aromatic rings. The SMILES string of the molecule is CC(C)c1ccccc1-c1ccccc1SOP(=O)(O)Oc1ccccc1C(C)(C)C. The first kappa shape index (κ1) is 23.6. The van der Waals surface area contributed by atoms with Crippen LogP contribution in [-0.4, -0.2) is 4.89 Å². The van der Waals surface area contributed by atoms with Crippen LogP contribution in [0.5, 0.6) is 5.75 Å². The quantitative estimate of drug-likeness (QED) is 0.288. The Morgan fingerprint density at radius 1 is 0.871 bits per heavy atom. The highest BCUT2D eigenvalue weighted by Gasteiger charge is 2.29. The van der Waals surface area contributed by atoms with Gasteiger partial charge >= 0.3 is 7.82 Å². The molecule has 0 spiro atoms. The summed E-state index contributed by atoms with van der Waals surface area (Å²) in [6.45, 7) is 10.4. The molecule has 0 aliphatic rings. The summed E-state index contributed by atoms with van der Waals surface area (Å²) in [7, 11) is -4.36. The summed E-state index contributed by atoms with van der Waals surface area (Å²) in [5.41, 5.74) is 3.83. The molecule has 4 nitrogen and oxygen atoms in total. The zero-order chi connectivity index (χ0) is 22.6. The standard InChI is InChI=1S/C25H29O4PS/c1-18(2)19-12-6-7-13-20(19)21-14-8-11-17-24(21)31-29-30(26,27)28-23-16-10-9-15-22(23)25(3,4)5/h6-18H,1-5H3,(H,26,27). The molecule has 164 valence electrons. The van der Waals surface area contributed by atoms with Gasteiger partial charge in [0, 0.05) is 22.5 Å². The van der Waals surface area contributed by atoms with Gasteiger partial charge in [-0.05, 0) is 40.2 Å². The summed E-state index contributed by atoms with van der Waals surface area (Å²) < 4.78 is 23.6. The molecule has 0 aromatic heterocycles. The lowest BCUT2D eigenvalue weighted by Gasteiger charge is -2.23. The van der Waals surface area contributed by atoms with Crippen molar-refractivity contribution in [1.82, 2.24) is 0 Å². The van der Waals surface area contributed by atoms with Crippen LogP contribution in [0.15, 0.2) is 77.7 Å². The van der Waals surface area contributed by atoms with Crippen molar-refractivity contribution < 1.29 is 18.0 Å². The van der Waals surface area contributed by atoms with Gasteiger partial charge < -0.3 is 4.52 Å². The van der Waals surface area contributed by atoms with Crippen LogP contribution in [-0.2, 0) is 14.0 Å². The van der Waals surface area contributed by atoms with Crippen LogP contribution in [0.4, 0.5) is 0 Å². The van der Waals surface area contributed by atoms with Crippen molar-refractivity contribution in [3.05, 3.63) is 83.9 Å². The highest BCUT2D eigenvalue weighted by atomic mass is 32.2. The maximum absolute atomic E-state index is 12.7. The first-order valence-corrected chi connectivity index (χ1v) is 12.5.